The Hall–Kier alpha value is -2.69. The number of carbonyl (C=O) groups excluding carboxylic acids is 3. The fourth-order valence-electron chi connectivity index (χ4n) is 2.30. The first-order valence-electron chi connectivity index (χ1n) is 8.92. The van der Waals surface area contributed by atoms with E-state index >= 15 is 0 Å². The van der Waals surface area contributed by atoms with Gasteiger partial charge in [-0.25, -0.2) is 4.79 Å². The Morgan fingerprint density at radius 1 is 0.929 bits per heavy atom. The number of hydrogen-bond acceptors (Lipinski definition) is 6. The number of amides is 3. The third-order valence-electron chi connectivity index (χ3n) is 3.74. The molecule has 0 aliphatic rings. The van der Waals surface area contributed by atoms with E-state index in [0.29, 0.717) is 0 Å². The highest BCUT2D eigenvalue weighted by Gasteiger charge is 2.29. The minimum absolute atomic E-state index is 0.0250. The molecule has 11 heteroatoms. The van der Waals surface area contributed by atoms with E-state index < -0.39 is 60.8 Å². The summed E-state index contributed by atoms with van der Waals surface area (Å²) in [5, 5.41) is 24.8. The molecule has 0 rings (SSSR count). The number of rotatable bonds is 12. The Balaban J connectivity index is 4.88. The van der Waals surface area contributed by atoms with Gasteiger partial charge in [-0.05, 0) is 18.3 Å². The molecule has 0 fully saturated rings. The molecule has 0 spiro atoms. The molecule has 0 saturated carbocycles. The van der Waals surface area contributed by atoms with Gasteiger partial charge >= 0.3 is 11.9 Å². The number of carboxylic acids is 2. The first-order valence-corrected chi connectivity index (χ1v) is 8.92. The van der Waals surface area contributed by atoms with Gasteiger partial charge in [0.25, 0.3) is 0 Å². The summed E-state index contributed by atoms with van der Waals surface area (Å²) in [6, 6.07) is -3.40. The van der Waals surface area contributed by atoms with Crippen LogP contribution < -0.4 is 21.7 Å². The average molecular weight is 402 g/mol. The van der Waals surface area contributed by atoms with Crippen molar-refractivity contribution in [2.75, 3.05) is 6.54 Å². The van der Waals surface area contributed by atoms with Crippen LogP contribution in [0.15, 0.2) is 0 Å². The molecule has 7 N–H and O–H groups in total. The van der Waals surface area contributed by atoms with Gasteiger partial charge in [0.15, 0.2) is 0 Å². The Kier molecular flexibility index (Phi) is 10.8. The molecule has 0 aromatic rings. The second-order valence-corrected chi connectivity index (χ2v) is 7.24. The molecular formula is C17H30N4O7. The molecule has 0 radical (unpaired) electrons. The average Bonchev–Trinajstić information content (AvgIpc) is 2.54. The summed E-state index contributed by atoms with van der Waals surface area (Å²) in [6.07, 6.45) is -0.327. The number of hydrogen-bond donors (Lipinski definition) is 6. The number of aliphatic carboxylic acids is 2. The van der Waals surface area contributed by atoms with Crippen LogP contribution in [0.3, 0.4) is 0 Å². The Morgan fingerprint density at radius 3 is 1.93 bits per heavy atom. The van der Waals surface area contributed by atoms with Crippen LogP contribution >= 0.6 is 0 Å². The van der Waals surface area contributed by atoms with Crippen LogP contribution in [-0.4, -0.2) is 64.5 Å². The summed E-state index contributed by atoms with van der Waals surface area (Å²) < 4.78 is 0. The third-order valence-corrected chi connectivity index (χ3v) is 3.74. The smallest absolute Gasteiger partial charge is 0.326 e. The normalized spacial score (nSPS) is 14.1. The Morgan fingerprint density at radius 2 is 1.50 bits per heavy atom. The zero-order valence-corrected chi connectivity index (χ0v) is 16.5. The molecule has 0 aromatic carbocycles. The van der Waals surface area contributed by atoms with Crippen LogP contribution in [0.1, 0.15) is 40.5 Å². The van der Waals surface area contributed by atoms with Crippen LogP contribution in [0.4, 0.5) is 0 Å². The molecule has 0 bridgehead atoms. The van der Waals surface area contributed by atoms with Gasteiger partial charge in [0, 0.05) is 0 Å². The second kappa shape index (κ2) is 11.9. The van der Waals surface area contributed by atoms with Crippen molar-refractivity contribution in [1.82, 2.24) is 16.0 Å². The maximum absolute atomic E-state index is 12.4. The van der Waals surface area contributed by atoms with Crippen molar-refractivity contribution in [1.29, 1.82) is 0 Å². The maximum atomic E-state index is 12.4. The van der Waals surface area contributed by atoms with Crippen molar-refractivity contribution in [3.63, 3.8) is 0 Å². The summed E-state index contributed by atoms with van der Waals surface area (Å²) in [7, 11) is 0. The fourth-order valence-corrected chi connectivity index (χ4v) is 2.30. The largest absolute Gasteiger partial charge is 0.481 e. The molecule has 3 amide bonds. The Bertz CT molecular complexity index is 592. The number of carbonyl (C=O) groups is 5. The molecule has 3 unspecified atom stereocenters. The van der Waals surface area contributed by atoms with E-state index in [1.165, 1.54) is 0 Å². The first kappa shape index (κ1) is 25.3. The lowest BCUT2D eigenvalue weighted by atomic mass is 10.0. The zero-order valence-electron chi connectivity index (χ0n) is 16.5. The van der Waals surface area contributed by atoms with Crippen molar-refractivity contribution < 1.29 is 34.2 Å². The lowest BCUT2D eigenvalue weighted by Crippen LogP contribution is -2.55. The molecule has 3 atom stereocenters. The molecule has 0 aliphatic heterocycles. The van der Waals surface area contributed by atoms with Crippen LogP contribution in [0.25, 0.3) is 0 Å². The van der Waals surface area contributed by atoms with Gasteiger partial charge in [0.05, 0.1) is 19.0 Å². The van der Waals surface area contributed by atoms with Crippen molar-refractivity contribution in [3.05, 3.63) is 0 Å². The standard InChI is InChI=1S/C17H30N4O7/c1-8(2)5-11(16(26)21-14(9(3)4)17(27)28)20-12(22)7-19-15(25)10(18)6-13(23)24/h8-11,14H,5-7,18H2,1-4H3,(H,19,25)(H,20,22)(H,21,26)(H,23,24)(H,27,28). The van der Waals surface area contributed by atoms with Gasteiger partial charge in [0.2, 0.25) is 17.7 Å². The zero-order chi connectivity index (χ0) is 22.0. The molecular weight excluding hydrogens is 372 g/mol. The Labute approximate surface area is 163 Å². The monoisotopic (exact) mass is 402 g/mol. The lowest BCUT2D eigenvalue weighted by molar-refractivity contribution is -0.143. The van der Waals surface area contributed by atoms with Crippen molar-refractivity contribution in [2.45, 2.75) is 58.7 Å². The van der Waals surface area contributed by atoms with E-state index in [9.17, 15) is 29.1 Å². The van der Waals surface area contributed by atoms with Gasteiger partial charge in [-0.1, -0.05) is 27.7 Å². The summed E-state index contributed by atoms with van der Waals surface area (Å²) >= 11 is 0. The topological polar surface area (TPSA) is 188 Å². The predicted molar refractivity (Wildman–Crippen MR) is 99.0 cm³/mol. The van der Waals surface area contributed by atoms with Crippen LogP contribution in [0.5, 0.6) is 0 Å². The van der Waals surface area contributed by atoms with E-state index in [1.807, 2.05) is 13.8 Å². The first-order chi connectivity index (χ1) is 12.8. The second-order valence-electron chi connectivity index (χ2n) is 7.24. The highest BCUT2D eigenvalue weighted by atomic mass is 16.4. The SMILES string of the molecule is CC(C)CC(NC(=O)CNC(=O)C(N)CC(=O)O)C(=O)NC(C(=O)O)C(C)C. The highest BCUT2D eigenvalue weighted by molar-refractivity contribution is 5.93. The van der Waals surface area contributed by atoms with E-state index in [1.54, 1.807) is 13.8 Å². The van der Waals surface area contributed by atoms with E-state index in [-0.39, 0.29) is 18.3 Å². The van der Waals surface area contributed by atoms with Gasteiger partial charge in [-0.15, -0.1) is 0 Å². The van der Waals surface area contributed by atoms with Gasteiger partial charge < -0.3 is 31.9 Å². The van der Waals surface area contributed by atoms with Crippen molar-refractivity contribution in [2.24, 2.45) is 17.6 Å². The van der Waals surface area contributed by atoms with Crippen LogP contribution in [-0.2, 0) is 24.0 Å². The number of nitrogens with two attached hydrogens (primary N) is 1. The number of nitrogens with one attached hydrogen (secondary N) is 3. The van der Waals surface area contributed by atoms with Gasteiger partial charge in [-0.3, -0.25) is 19.2 Å². The van der Waals surface area contributed by atoms with Crippen molar-refractivity contribution in [3.8, 4) is 0 Å². The van der Waals surface area contributed by atoms with Crippen molar-refractivity contribution >= 4 is 29.7 Å². The minimum atomic E-state index is -1.30. The quantitative estimate of drug-likeness (QED) is 0.231. The molecule has 160 valence electrons. The molecule has 0 aliphatic carbocycles. The predicted octanol–water partition coefficient (Wildman–Crippen LogP) is -1.34. The summed E-state index contributed by atoms with van der Waals surface area (Å²) in [6.45, 7) is 6.45. The molecule has 11 nitrogen and oxygen atoms in total. The molecule has 0 heterocycles. The lowest BCUT2D eigenvalue weighted by Gasteiger charge is -2.24. The van der Waals surface area contributed by atoms with E-state index in [0.717, 1.165) is 0 Å². The fraction of sp³-hybridized carbons (Fsp3) is 0.706. The summed E-state index contributed by atoms with van der Waals surface area (Å²) in [4.78, 5) is 57.9. The van der Waals surface area contributed by atoms with Crippen LogP contribution in [0.2, 0.25) is 0 Å². The molecule has 0 aromatic heterocycles. The highest BCUT2D eigenvalue weighted by Crippen LogP contribution is 2.08. The van der Waals surface area contributed by atoms with Gasteiger partial charge in [-0.2, -0.15) is 0 Å². The minimum Gasteiger partial charge on any atom is -0.481 e. The summed E-state index contributed by atoms with van der Waals surface area (Å²) in [5.41, 5.74) is 5.39. The molecule has 0 saturated heterocycles. The summed E-state index contributed by atoms with van der Waals surface area (Å²) in [5.74, 6) is -4.90. The third kappa shape index (κ3) is 9.86. The van der Waals surface area contributed by atoms with E-state index in [2.05, 4.69) is 16.0 Å². The van der Waals surface area contributed by atoms with Crippen LogP contribution in [0, 0.1) is 11.8 Å². The molecule has 28 heavy (non-hydrogen) atoms. The van der Waals surface area contributed by atoms with Gasteiger partial charge in [0.1, 0.15) is 12.1 Å². The van der Waals surface area contributed by atoms with E-state index in [4.69, 9.17) is 10.8 Å². The number of carboxylic acid groups (broad SMARTS) is 2. The maximum Gasteiger partial charge on any atom is 0.326 e.